The number of H-pyrrole nitrogens is 1. The van der Waals surface area contributed by atoms with E-state index >= 15 is 0 Å². The molecule has 1 aliphatic heterocycles. The molecule has 16 heavy (non-hydrogen) atoms. The quantitative estimate of drug-likeness (QED) is 0.719. The summed E-state index contributed by atoms with van der Waals surface area (Å²) in [5.74, 6) is -0.164. The number of amides is 1. The number of carbonyl (C=O) groups is 1. The zero-order valence-corrected chi connectivity index (χ0v) is 9.67. The average Bonchev–Trinajstić information content (AvgIpc) is 2.86. The maximum atomic E-state index is 11.8. The summed E-state index contributed by atoms with van der Waals surface area (Å²) in [5, 5.41) is 6.58. The second-order valence-corrected chi connectivity index (χ2v) is 4.18. The molecule has 1 saturated heterocycles. The van der Waals surface area contributed by atoms with E-state index in [1.54, 1.807) is 19.4 Å². The fourth-order valence-corrected chi connectivity index (χ4v) is 1.96. The summed E-state index contributed by atoms with van der Waals surface area (Å²) < 4.78 is 5.25. The van der Waals surface area contributed by atoms with E-state index in [0.717, 1.165) is 13.1 Å². The Morgan fingerprint density at radius 2 is 2.44 bits per heavy atom. The van der Waals surface area contributed by atoms with Crippen LogP contribution in [0.5, 0.6) is 0 Å². The van der Waals surface area contributed by atoms with Crippen molar-refractivity contribution >= 4 is 17.5 Å². The highest BCUT2D eigenvalue weighted by molar-refractivity contribution is 6.30. The Kier molecular flexibility index (Phi) is 3.48. The summed E-state index contributed by atoms with van der Waals surface area (Å²) in [4.78, 5) is 14.6. The van der Waals surface area contributed by atoms with Crippen LogP contribution < -0.4 is 10.6 Å². The van der Waals surface area contributed by atoms with Gasteiger partial charge in [0.1, 0.15) is 5.69 Å². The number of hydrogen-bond donors (Lipinski definition) is 3. The van der Waals surface area contributed by atoms with E-state index in [-0.39, 0.29) is 18.1 Å². The minimum Gasteiger partial charge on any atom is -0.378 e. The van der Waals surface area contributed by atoms with E-state index in [4.69, 9.17) is 16.3 Å². The van der Waals surface area contributed by atoms with Crippen LogP contribution in [0.25, 0.3) is 0 Å². The van der Waals surface area contributed by atoms with E-state index in [1.807, 2.05) is 0 Å². The van der Waals surface area contributed by atoms with Crippen molar-refractivity contribution in [2.75, 3.05) is 20.2 Å². The van der Waals surface area contributed by atoms with E-state index in [0.29, 0.717) is 10.7 Å². The molecule has 5 nitrogen and oxygen atoms in total. The second-order valence-electron chi connectivity index (χ2n) is 3.74. The molecule has 0 radical (unpaired) electrons. The Morgan fingerprint density at radius 1 is 1.62 bits per heavy atom. The largest absolute Gasteiger partial charge is 0.378 e. The molecule has 1 aromatic heterocycles. The van der Waals surface area contributed by atoms with Crippen molar-refractivity contribution in [3.63, 3.8) is 0 Å². The van der Waals surface area contributed by atoms with Gasteiger partial charge in [-0.2, -0.15) is 0 Å². The van der Waals surface area contributed by atoms with Crippen molar-refractivity contribution in [1.82, 2.24) is 15.6 Å². The van der Waals surface area contributed by atoms with Gasteiger partial charge in [-0.3, -0.25) is 4.79 Å². The highest BCUT2D eigenvalue weighted by atomic mass is 35.5. The van der Waals surface area contributed by atoms with Crippen molar-refractivity contribution in [3.05, 3.63) is 23.0 Å². The first-order valence-electron chi connectivity index (χ1n) is 5.09. The molecule has 0 aliphatic carbocycles. The molecule has 0 spiro atoms. The van der Waals surface area contributed by atoms with E-state index in [2.05, 4.69) is 15.6 Å². The zero-order chi connectivity index (χ0) is 11.5. The Balaban J connectivity index is 1.97. The Morgan fingerprint density at radius 3 is 3.06 bits per heavy atom. The van der Waals surface area contributed by atoms with Crippen LogP contribution in [-0.2, 0) is 4.74 Å². The summed E-state index contributed by atoms with van der Waals surface area (Å²) in [6, 6.07) is 1.60. The minimum absolute atomic E-state index is 0.000393. The summed E-state index contributed by atoms with van der Waals surface area (Å²) in [6.07, 6.45) is 1.60. The van der Waals surface area contributed by atoms with Gasteiger partial charge in [0.05, 0.1) is 17.2 Å². The van der Waals surface area contributed by atoms with Crippen molar-refractivity contribution in [3.8, 4) is 0 Å². The number of aromatic amines is 1. The molecule has 0 aromatic carbocycles. The molecule has 6 heteroatoms. The number of aromatic nitrogens is 1. The molecule has 88 valence electrons. The third kappa shape index (κ3) is 2.37. The van der Waals surface area contributed by atoms with Gasteiger partial charge in [-0.05, 0) is 6.07 Å². The number of carbonyl (C=O) groups excluding carboxylic acids is 1. The third-order valence-corrected chi connectivity index (χ3v) is 2.89. The standard InChI is InChI=1S/C10H14ClN3O2/c1-16-9-5-12-4-8(9)14-10(15)7-2-6(11)3-13-7/h2-3,8-9,12-13H,4-5H2,1H3,(H,14,15). The van der Waals surface area contributed by atoms with Crippen molar-refractivity contribution in [2.45, 2.75) is 12.1 Å². The first-order valence-corrected chi connectivity index (χ1v) is 5.47. The number of methoxy groups -OCH3 is 1. The topological polar surface area (TPSA) is 66.2 Å². The number of nitrogens with one attached hydrogen (secondary N) is 3. The monoisotopic (exact) mass is 243 g/mol. The predicted molar refractivity (Wildman–Crippen MR) is 60.7 cm³/mol. The van der Waals surface area contributed by atoms with Crippen LogP contribution in [0.15, 0.2) is 12.3 Å². The van der Waals surface area contributed by atoms with Crippen LogP contribution in [0.1, 0.15) is 10.5 Å². The molecule has 1 aliphatic rings. The van der Waals surface area contributed by atoms with Crippen LogP contribution in [-0.4, -0.2) is 43.2 Å². The lowest BCUT2D eigenvalue weighted by atomic mass is 10.2. The Bertz CT molecular complexity index is 380. The lowest BCUT2D eigenvalue weighted by Crippen LogP contribution is -2.43. The lowest BCUT2D eigenvalue weighted by Gasteiger charge is -2.17. The van der Waals surface area contributed by atoms with Gasteiger partial charge >= 0.3 is 0 Å². The smallest absolute Gasteiger partial charge is 0.268 e. The fourth-order valence-electron chi connectivity index (χ4n) is 1.79. The second kappa shape index (κ2) is 4.86. The highest BCUT2D eigenvalue weighted by Crippen LogP contribution is 2.10. The van der Waals surface area contributed by atoms with Gasteiger partial charge in [0.2, 0.25) is 0 Å². The van der Waals surface area contributed by atoms with Crippen LogP contribution >= 0.6 is 11.6 Å². The van der Waals surface area contributed by atoms with Gasteiger partial charge in [0.25, 0.3) is 5.91 Å². The molecule has 0 bridgehead atoms. The SMILES string of the molecule is COC1CNCC1NC(=O)c1cc(Cl)c[nH]1. The predicted octanol–water partition coefficient (Wildman–Crippen LogP) is 0.385. The van der Waals surface area contributed by atoms with E-state index in [9.17, 15) is 4.79 Å². The van der Waals surface area contributed by atoms with Gasteiger partial charge in [-0.25, -0.2) is 0 Å². The maximum absolute atomic E-state index is 11.8. The molecule has 0 saturated carbocycles. The number of hydrogen-bond acceptors (Lipinski definition) is 3. The van der Waals surface area contributed by atoms with Crippen LogP contribution in [0.2, 0.25) is 5.02 Å². The molecule has 1 amide bonds. The summed E-state index contributed by atoms with van der Waals surface area (Å²) in [7, 11) is 1.64. The van der Waals surface area contributed by atoms with Gasteiger partial charge in [-0.1, -0.05) is 11.6 Å². The van der Waals surface area contributed by atoms with Crippen molar-refractivity contribution < 1.29 is 9.53 Å². The van der Waals surface area contributed by atoms with E-state index in [1.165, 1.54) is 0 Å². The number of halogens is 1. The molecule has 2 heterocycles. The molecular weight excluding hydrogens is 230 g/mol. The summed E-state index contributed by atoms with van der Waals surface area (Å²) >= 11 is 5.73. The number of rotatable bonds is 3. The Labute approximate surface area is 98.5 Å². The molecular formula is C10H14ClN3O2. The average molecular weight is 244 g/mol. The molecule has 2 rings (SSSR count). The lowest BCUT2D eigenvalue weighted by molar-refractivity contribution is 0.0777. The molecule has 1 aromatic rings. The first-order chi connectivity index (χ1) is 7.70. The minimum atomic E-state index is -0.164. The van der Waals surface area contributed by atoms with Gasteiger partial charge in [-0.15, -0.1) is 0 Å². The van der Waals surface area contributed by atoms with Crippen LogP contribution in [0.3, 0.4) is 0 Å². The van der Waals surface area contributed by atoms with Crippen LogP contribution in [0, 0.1) is 0 Å². The molecule has 2 atom stereocenters. The third-order valence-electron chi connectivity index (χ3n) is 2.67. The van der Waals surface area contributed by atoms with E-state index < -0.39 is 0 Å². The van der Waals surface area contributed by atoms with Crippen LogP contribution in [0.4, 0.5) is 0 Å². The normalized spacial score (nSPS) is 24.6. The fraction of sp³-hybridized carbons (Fsp3) is 0.500. The molecule has 1 fully saturated rings. The van der Waals surface area contributed by atoms with Crippen molar-refractivity contribution in [1.29, 1.82) is 0 Å². The van der Waals surface area contributed by atoms with Gasteiger partial charge < -0.3 is 20.4 Å². The van der Waals surface area contributed by atoms with Gasteiger partial charge in [0, 0.05) is 26.4 Å². The highest BCUT2D eigenvalue weighted by Gasteiger charge is 2.28. The van der Waals surface area contributed by atoms with Crippen molar-refractivity contribution in [2.24, 2.45) is 0 Å². The maximum Gasteiger partial charge on any atom is 0.268 e. The summed E-state index contributed by atoms with van der Waals surface area (Å²) in [5.41, 5.74) is 0.465. The Hall–Kier alpha value is -1.04. The molecule has 3 N–H and O–H groups in total. The molecule has 2 unspecified atom stereocenters. The van der Waals surface area contributed by atoms with Gasteiger partial charge in [0.15, 0.2) is 0 Å². The zero-order valence-electron chi connectivity index (χ0n) is 8.92. The summed E-state index contributed by atoms with van der Waals surface area (Å²) in [6.45, 7) is 1.48. The first kappa shape index (κ1) is 11.4. The number of ether oxygens (including phenoxy) is 1.